The highest BCUT2D eigenvalue weighted by Crippen LogP contribution is 2.30. The second-order valence-electron chi connectivity index (χ2n) is 4.37. The minimum absolute atomic E-state index is 0.678. The third-order valence-corrected chi connectivity index (χ3v) is 3.26. The third-order valence-electron chi connectivity index (χ3n) is 3.26. The molecular weight excluding hydrogens is 182 g/mol. The van der Waals surface area contributed by atoms with Crippen LogP contribution >= 0.6 is 0 Å². The lowest BCUT2D eigenvalue weighted by Gasteiger charge is -2.17. The molecule has 1 aromatic carbocycles. The number of rotatable bonds is 2. The quantitative estimate of drug-likeness (QED) is 0.775. The van der Waals surface area contributed by atoms with E-state index in [1.165, 1.54) is 11.1 Å². The molecule has 1 heteroatoms. The van der Waals surface area contributed by atoms with Crippen molar-refractivity contribution in [3.63, 3.8) is 0 Å². The molecule has 0 spiro atoms. The fourth-order valence-corrected chi connectivity index (χ4v) is 2.41. The monoisotopic (exact) mass is 201 g/mol. The predicted molar refractivity (Wildman–Crippen MR) is 65.9 cm³/mol. The Morgan fingerprint density at radius 2 is 2.07 bits per heavy atom. The smallest absolute Gasteiger partial charge is 0.00235 e. The molecule has 0 saturated carbocycles. The van der Waals surface area contributed by atoms with Crippen molar-refractivity contribution in [3.05, 3.63) is 41.5 Å². The molecular formula is C14H19N. The zero-order chi connectivity index (χ0) is 10.7. The van der Waals surface area contributed by atoms with Gasteiger partial charge in [0.1, 0.15) is 0 Å². The maximum atomic E-state index is 3.47. The van der Waals surface area contributed by atoms with Crippen molar-refractivity contribution in [2.75, 3.05) is 13.1 Å². The number of hydrogen-bond acceptors (Lipinski definition) is 1. The van der Waals surface area contributed by atoms with Crippen LogP contribution in [0.5, 0.6) is 0 Å². The van der Waals surface area contributed by atoms with Gasteiger partial charge in [-0.05, 0) is 30.5 Å². The lowest BCUT2D eigenvalue weighted by atomic mass is 9.87. The summed E-state index contributed by atoms with van der Waals surface area (Å²) in [4.78, 5) is 0. The molecule has 1 aliphatic heterocycles. The number of allylic oxidation sites excluding steroid dienone is 1. The van der Waals surface area contributed by atoms with Crippen LogP contribution in [-0.4, -0.2) is 13.1 Å². The molecule has 1 fully saturated rings. The van der Waals surface area contributed by atoms with Crippen LogP contribution in [0.25, 0.3) is 6.08 Å². The first kappa shape index (κ1) is 10.4. The zero-order valence-corrected chi connectivity index (χ0v) is 9.53. The second kappa shape index (κ2) is 4.63. The summed E-state index contributed by atoms with van der Waals surface area (Å²) in [6.07, 6.45) is 4.33. The van der Waals surface area contributed by atoms with Gasteiger partial charge in [0, 0.05) is 12.5 Å². The van der Waals surface area contributed by atoms with Crippen LogP contribution in [0.15, 0.2) is 30.3 Å². The van der Waals surface area contributed by atoms with Gasteiger partial charge in [-0.15, -0.1) is 0 Å². The van der Waals surface area contributed by atoms with Crippen LogP contribution in [-0.2, 0) is 0 Å². The summed E-state index contributed by atoms with van der Waals surface area (Å²) in [5.74, 6) is 1.42. The molecule has 0 aliphatic carbocycles. The van der Waals surface area contributed by atoms with E-state index in [1.807, 2.05) is 0 Å². The van der Waals surface area contributed by atoms with Gasteiger partial charge in [0.05, 0.1) is 0 Å². The average molecular weight is 201 g/mol. The summed E-state index contributed by atoms with van der Waals surface area (Å²) in [7, 11) is 0. The summed E-state index contributed by atoms with van der Waals surface area (Å²) in [5.41, 5.74) is 2.87. The molecule has 1 nitrogen and oxygen atoms in total. The first-order chi connectivity index (χ1) is 7.33. The summed E-state index contributed by atoms with van der Waals surface area (Å²) in [6.45, 7) is 6.68. The summed E-state index contributed by atoms with van der Waals surface area (Å²) in [5, 5.41) is 3.47. The summed E-state index contributed by atoms with van der Waals surface area (Å²) < 4.78 is 0. The largest absolute Gasteiger partial charge is 0.316 e. The van der Waals surface area contributed by atoms with Gasteiger partial charge in [-0.1, -0.05) is 43.3 Å². The normalized spacial score (nSPS) is 26.3. The van der Waals surface area contributed by atoms with E-state index >= 15 is 0 Å². The van der Waals surface area contributed by atoms with E-state index in [1.54, 1.807) is 0 Å². The van der Waals surface area contributed by atoms with Crippen LogP contribution in [0.3, 0.4) is 0 Å². The Morgan fingerprint density at radius 1 is 1.27 bits per heavy atom. The fraction of sp³-hybridized carbons (Fsp3) is 0.429. The molecule has 0 bridgehead atoms. The van der Waals surface area contributed by atoms with Crippen molar-refractivity contribution in [2.45, 2.75) is 19.8 Å². The maximum Gasteiger partial charge on any atom is 0.00235 e. The van der Waals surface area contributed by atoms with Crippen molar-refractivity contribution in [1.82, 2.24) is 5.32 Å². The van der Waals surface area contributed by atoms with Crippen LogP contribution in [0, 0.1) is 5.92 Å². The van der Waals surface area contributed by atoms with E-state index in [9.17, 15) is 0 Å². The molecule has 1 unspecified atom stereocenters. The van der Waals surface area contributed by atoms with Gasteiger partial charge in [0.2, 0.25) is 0 Å². The van der Waals surface area contributed by atoms with E-state index in [0.29, 0.717) is 5.92 Å². The Hall–Kier alpha value is -1.08. The number of hydrogen-bond donors (Lipinski definition) is 1. The van der Waals surface area contributed by atoms with Gasteiger partial charge < -0.3 is 5.32 Å². The molecule has 2 atom stereocenters. The summed E-state index contributed by atoms with van der Waals surface area (Å²) >= 11 is 0. The van der Waals surface area contributed by atoms with Crippen molar-refractivity contribution in [2.24, 2.45) is 5.92 Å². The van der Waals surface area contributed by atoms with Gasteiger partial charge in [-0.2, -0.15) is 0 Å². The van der Waals surface area contributed by atoms with E-state index in [4.69, 9.17) is 0 Å². The topological polar surface area (TPSA) is 12.0 Å². The average Bonchev–Trinajstić information content (AvgIpc) is 2.66. The minimum atomic E-state index is 0.678. The molecule has 1 N–H and O–H groups in total. The maximum absolute atomic E-state index is 3.47. The lowest BCUT2D eigenvalue weighted by Crippen LogP contribution is -2.09. The van der Waals surface area contributed by atoms with E-state index < -0.39 is 0 Å². The molecule has 0 aromatic heterocycles. The zero-order valence-electron chi connectivity index (χ0n) is 9.53. The van der Waals surface area contributed by atoms with Crippen LogP contribution < -0.4 is 5.32 Å². The second-order valence-corrected chi connectivity index (χ2v) is 4.37. The fourth-order valence-electron chi connectivity index (χ4n) is 2.41. The van der Waals surface area contributed by atoms with Crippen LogP contribution in [0.4, 0.5) is 0 Å². The molecule has 2 rings (SSSR count). The van der Waals surface area contributed by atoms with E-state index in [0.717, 1.165) is 19.0 Å². The van der Waals surface area contributed by atoms with Gasteiger partial charge in [-0.3, -0.25) is 0 Å². The van der Waals surface area contributed by atoms with Crippen molar-refractivity contribution >= 4 is 6.08 Å². The summed E-state index contributed by atoms with van der Waals surface area (Å²) in [6, 6.07) is 8.74. The third kappa shape index (κ3) is 2.13. The van der Waals surface area contributed by atoms with Gasteiger partial charge >= 0.3 is 0 Å². The first-order valence-electron chi connectivity index (χ1n) is 5.75. The lowest BCUT2D eigenvalue weighted by molar-refractivity contribution is 0.571. The van der Waals surface area contributed by atoms with Gasteiger partial charge in [0.25, 0.3) is 0 Å². The van der Waals surface area contributed by atoms with Crippen LogP contribution in [0.2, 0.25) is 0 Å². The van der Waals surface area contributed by atoms with Gasteiger partial charge in [0.15, 0.2) is 0 Å². The number of nitrogens with one attached hydrogen (secondary N) is 1. The predicted octanol–water partition coefficient (Wildman–Crippen LogP) is 3.04. The Kier molecular flexibility index (Phi) is 3.22. The molecule has 1 heterocycles. The molecule has 1 aromatic rings. The van der Waals surface area contributed by atoms with Crippen molar-refractivity contribution < 1.29 is 0 Å². The highest BCUT2D eigenvalue weighted by atomic mass is 14.9. The number of benzene rings is 1. The Labute approximate surface area is 92.2 Å². The Bertz CT molecular complexity index is 354. The van der Waals surface area contributed by atoms with E-state index in [2.05, 4.69) is 55.6 Å². The highest BCUT2D eigenvalue weighted by Gasteiger charge is 2.25. The molecule has 1 aliphatic rings. The molecule has 0 radical (unpaired) electrons. The van der Waals surface area contributed by atoms with Gasteiger partial charge in [-0.25, -0.2) is 0 Å². The first-order valence-corrected chi connectivity index (χ1v) is 5.75. The molecule has 0 amide bonds. The minimum Gasteiger partial charge on any atom is -0.316 e. The van der Waals surface area contributed by atoms with Crippen molar-refractivity contribution in [3.8, 4) is 0 Å². The Balaban J connectivity index is 2.33. The van der Waals surface area contributed by atoms with E-state index in [-0.39, 0.29) is 0 Å². The molecule has 1 saturated heterocycles. The standard InChI is InChI=1S/C14H19N/c1-3-6-12-7-4-5-8-13(12)14-10-15-9-11(14)2/h3-8,11,14-15H,9-10H2,1-2H3/b6-3+/t11-,14?/m1/s1. The SMILES string of the molecule is C/C=C/c1ccccc1C1CNC[C@H]1C. The van der Waals surface area contributed by atoms with Crippen molar-refractivity contribution in [1.29, 1.82) is 0 Å². The van der Waals surface area contributed by atoms with Crippen LogP contribution in [0.1, 0.15) is 30.9 Å². The Morgan fingerprint density at radius 3 is 2.73 bits per heavy atom. The molecule has 15 heavy (non-hydrogen) atoms. The molecule has 80 valence electrons. The highest BCUT2D eigenvalue weighted by molar-refractivity contribution is 5.54.